The highest BCUT2D eigenvalue weighted by Crippen LogP contribution is 2.27. The number of carboxylic acid groups (broad SMARTS) is 1. The fraction of sp³-hybridized carbons (Fsp3) is 0.208. The number of ether oxygens (including phenoxy) is 3. The highest BCUT2D eigenvalue weighted by Gasteiger charge is 2.17. The van der Waals surface area contributed by atoms with Crippen molar-refractivity contribution >= 4 is 17.7 Å². The van der Waals surface area contributed by atoms with E-state index in [9.17, 15) is 9.59 Å². The molecule has 1 heterocycles. The molecule has 8 heteroatoms. The summed E-state index contributed by atoms with van der Waals surface area (Å²) in [6.45, 7) is 4.02. The molecule has 0 atom stereocenters. The Kier molecular flexibility index (Phi) is 7.28. The van der Waals surface area contributed by atoms with Gasteiger partial charge in [0.05, 0.1) is 24.3 Å². The Balaban J connectivity index is 1.79. The van der Waals surface area contributed by atoms with Gasteiger partial charge in [-0.15, -0.1) is 0 Å². The second-order valence-electron chi connectivity index (χ2n) is 7.16. The first-order valence-electron chi connectivity index (χ1n) is 9.93. The number of rotatable bonds is 9. The van der Waals surface area contributed by atoms with Crippen molar-refractivity contribution in [3.05, 3.63) is 77.5 Å². The van der Waals surface area contributed by atoms with Crippen molar-refractivity contribution in [2.45, 2.75) is 26.6 Å². The normalized spacial score (nSPS) is 10.5. The lowest BCUT2D eigenvalue weighted by Crippen LogP contribution is -2.17. The number of carboxylic acids is 1. The molecule has 0 aliphatic heterocycles. The average molecular weight is 436 g/mol. The van der Waals surface area contributed by atoms with Crippen molar-refractivity contribution in [3.8, 4) is 17.2 Å². The highest BCUT2D eigenvalue weighted by atomic mass is 16.5. The van der Waals surface area contributed by atoms with Crippen LogP contribution in [0.15, 0.2) is 60.8 Å². The number of hydrogen-bond donors (Lipinski definition) is 2. The fourth-order valence-corrected chi connectivity index (χ4v) is 2.84. The first-order valence-corrected chi connectivity index (χ1v) is 9.93. The molecule has 32 heavy (non-hydrogen) atoms. The maximum absolute atomic E-state index is 12.9. The molecule has 2 aromatic carbocycles. The van der Waals surface area contributed by atoms with E-state index in [1.807, 2.05) is 38.1 Å². The molecule has 0 aliphatic carbocycles. The third kappa shape index (κ3) is 5.98. The van der Waals surface area contributed by atoms with Gasteiger partial charge in [-0.1, -0.05) is 12.1 Å². The van der Waals surface area contributed by atoms with Gasteiger partial charge in [0.2, 0.25) is 0 Å². The number of hydrogen-bond acceptors (Lipinski definition) is 6. The smallest absolute Gasteiger partial charge is 0.337 e. The summed E-state index contributed by atoms with van der Waals surface area (Å²) in [5.41, 5.74) is 1.21. The minimum absolute atomic E-state index is 0.0276. The van der Waals surface area contributed by atoms with Gasteiger partial charge >= 0.3 is 5.97 Å². The zero-order valence-corrected chi connectivity index (χ0v) is 18.0. The third-order valence-corrected chi connectivity index (χ3v) is 4.35. The Morgan fingerprint density at radius 3 is 2.53 bits per heavy atom. The zero-order valence-electron chi connectivity index (χ0n) is 18.0. The van der Waals surface area contributed by atoms with Crippen molar-refractivity contribution in [1.82, 2.24) is 4.98 Å². The second kappa shape index (κ2) is 10.3. The van der Waals surface area contributed by atoms with Crippen LogP contribution in [0.3, 0.4) is 0 Å². The van der Waals surface area contributed by atoms with E-state index >= 15 is 0 Å². The van der Waals surface area contributed by atoms with Crippen LogP contribution in [0.4, 0.5) is 5.82 Å². The second-order valence-corrected chi connectivity index (χ2v) is 7.16. The van der Waals surface area contributed by atoms with E-state index in [0.29, 0.717) is 18.1 Å². The molecular weight excluding hydrogens is 412 g/mol. The lowest BCUT2D eigenvalue weighted by molar-refractivity contribution is 0.0696. The molecule has 0 unspecified atom stereocenters. The van der Waals surface area contributed by atoms with Gasteiger partial charge < -0.3 is 24.6 Å². The molecule has 166 valence electrons. The molecule has 8 nitrogen and oxygen atoms in total. The van der Waals surface area contributed by atoms with Crippen LogP contribution in [-0.4, -0.2) is 35.2 Å². The number of benzene rings is 2. The lowest BCUT2D eigenvalue weighted by Gasteiger charge is -2.16. The molecule has 0 saturated heterocycles. The van der Waals surface area contributed by atoms with E-state index in [4.69, 9.17) is 19.3 Å². The molecule has 1 amide bonds. The molecule has 0 aliphatic rings. The van der Waals surface area contributed by atoms with E-state index in [1.54, 1.807) is 25.3 Å². The van der Waals surface area contributed by atoms with E-state index in [-0.39, 0.29) is 23.0 Å². The summed E-state index contributed by atoms with van der Waals surface area (Å²) in [4.78, 5) is 27.9. The van der Waals surface area contributed by atoms with Gasteiger partial charge in [0, 0.05) is 6.20 Å². The molecule has 3 rings (SSSR count). The van der Waals surface area contributed by atoms with Crippen LogP contribution in [0.1, 0.15) is 40.1 Å². The number of nitrogens with one attached hydrogen (secondary N) is 1. The summed E-state index contributed by atoms with van der Waals surface area (Å²) in [6, 6.07) is 15.3. The van der Waals surface area contributed by atoms with Crippen molar-refractivity contribution in [1.29, 1.82) is 0 Å². The van der Waals surface area contributed by atoms with Crippen LogP contribution < -0.4 is 19.5 Å². The van der Waals surface area contributed by atoms with Crippen LogP contribution in [-0.2, 0) is 6.61 Å². The van der Waals surface area contributed by atoms with Crippen LogP contribution in [0, 0.1) is 0 Å². The monoisotopic (exact) mass is 436 g/mol. The Morgan fingerprint density at radius 1 is 1.06 bits per heavy atom. The summed E-state index contributed by atoms with van der Waals surface area (Å²) < 4.78 is 16.9. The predicted molar refractivity (Wildman–Crippen MR) is 119 cm³/mol. The Morgan fingerprint density at radius 2 is 1.88 bits per heavy atom. The summed E-state index contributed by atoms with van der Waals surface area (Å²) in [5, 5.41) is 11.6. The van der Waals surface area contributed by atoms with Gasteiger partial charge in [0.1, 0.15) is 29.7 Å². The number of nitrogens with zero attached hydrogens (tertiary/aromatic N) is 1. The molecule has 2 N–H and O–H groups in total. The molecule has 0 bridgehead atoms. The standard InChI is InChI=1S/C24H24N2O6/c1-15(2)32-21-9-8-19(31-14-16-5-4-6-18(11-16)30-3)12-20(21)23(27)26-22-10-7-17(13-25-22)24(28)29/h4-13,15H,14H2,1-3H3,(H,28,29)(H,25,26,27). The predicted octanol–water partition coefficient (Wildman–Crippen LogP) is 4.41. The highest BCUT2D eigenvalue weighted by molar-refractivity contribution is 6.06. The number of amides is 1. The molecule has 1 aromatic heterocycles. The zero-order chi connectivity index (χ0) is 23.1. The van der Waals surface area contributed by atoms with Gasteiger partial charge in [-0.3, -0.25) is 4.79 Å². The fourth-order valence-electron chi connectivity index (χ4n) is 2.84. The Bertz CT molecular complexity index is 1100. The van der Waals surface area contributed by atoms with Crippen molar-refractivity contribution in [2.24, 2.45) is 0 Å². The number of aromatic carboxylic acids is 1. The van der Waals surface area contributed by atoms with Gasteiger partial charge in [-0.2, -0.15) is 0 Å². The first-order chi connectivity index (χ1) is 15.4. The number of carbonyl (C=O) groups excluding carboxylic acids is 1. The van der Waals surface area contributed by atoms with E-state index in [1.165, 1.54) is 18.3 Å². The number of anilines is 1. The maximum Gasteiger partial charge on any atom is 0.337 e. The summed E-state index contributed by atoms with van der Waals surface area (Å²) in [6.07, 6.45) is 1.04. The van der Waals surface area contributed by atoms with Crippen molar-refractivity contribution < 1.29 is 28.9 Å². The minimum atomic E-state index is -1.09. The number of methoxy groups -OCH3 is 1. The summed E-state index contributed by atoms with van der Waals surface area (Å²) in [5.74, 6) is 0.287. The van der Waals surface area contributed by atoms with E-state index in [2.05, 4.69) is 10.3 Å². The van der Waals surface area contributed by atoms with Crippen LogP contribution >= 0.6 is 0 Å². The molecular formula is C24H24N2O6. The SMILES string of the molecule is COc1cccc(COc2ccc(OC(C)C)c(C(=O)Nc3ccc(C(=O)O)cn3)c2)c1. The summed E-state index contributed by atoms with van der Waals surface area (Å²) >= 11 is 0. The lowest BCUT2D eigenvalue weighted by atomic mass is 10.1. The molecule has 3 aromatic rings. The molecule has 0 radical (unpaired) electrons. The topological polar surface area (TPSA) is 107 Å². The first kappa shape index (κ1) is 22.6. The van der Waals surface area contributed by atoms with Crippen molar-refractivity contribution in [2.75, 3.05) is 12.4 Å². The molecule has 0 fully saturated rings. The largest absolute Gasteiger partial charge is 0.497 e. The molecule has 0 spiro atoms. The quantitative estimate of drug-likeness (QED) is 0.512. The van der Waals surface area contributed by atoms with Gasteiger partial charge in [0.15, 0.2) is 0 Å². The minimum Gasteiger partial charge on any atom is -0.497 e. The van der Waals surface area contributed by atoms with E-state index in [0.717, 1.165) is 11.3 Å². The number of pyridine rings is 1. The van der Waals surface area contributed by atoms with E-state index < -0.39 is 11.9 Å². The number of carbonyl (C=O) groups is 2. The van der Waals surface area contributed by atoms with Crippen molar-refractivity contribution in [3.63, 3.8) is 0 Å². The molecule has 0 saturated carbocycles. The maximum atomic E-state index is 12.9. The van der Waals surface area contributed by atoms with Crippen LogP contribution in [0.2, 0.25) is 0 Å². The van der Waals surface area contributed by atoms with Gasteiger partial charge in [-0.25, -0.2) is 9.78 Å². The Hall–Kier alpha value is -4.07. The summed E-state index contributed by atoms with van der Waals surface area (Å²) in [7, 11) is 1.60. The van der Waals surface area contributed by atoms with Crippen LogP contribution in [0.25, 0.3) is 0 Å². The van der Waals surface area contributed by atoms with Gasteiger partial charge in [0.25, 0.3) is 5.91 Å². The average Bonchev–Trinajstić information content (AvgIpc) is 2.78. The van der Waals surface area contributed by atoms with Gasteiger partial charge in [-0.05, 0) is 61.9 Å². The third-order valence-electron chi connectivity index (χ3n) is 4.35. The Labute approximate surface area is 185 Å². The number of aromatic nitrogens is 1. The van der Waals surface area contributed by atoms with Crippen LogP contribution in [0.5, 0.6) is 17.2 Å².